The van der Waals surface area contributed by atoms with E-state index >= 15 is 0 Å². The number of aryl methyl sites for hydroxylation is 1. The fourth-order valence-electron chi connectivity index (χ4n) is 3.29. The first-order chi connectivity index (χ1) is 15.2. The molecule has 0 aliphatic carbocycles. The second-order valence-corrected chi connectivity index (χ2v) is 7.40. The Morgan fingerprint density at radius 3 is 2.16 bits per heavy atom. The van der Waals surface area contributed by atoms with Crippen LogP contribution < -0.4 is 4.74 Å². The van der Waals surface area contributed by atoms with Crippen molar-refractivity contribution in [2.45, 2.75) is 19.4 Å². The molecule has 6 nitrogen and oxygen atoms in total. The van der Waals surface area contributed by atoms with Crippen LogP contribution in [0.15, 0.2) is 67.0 Å². The summed E-state index contributed by atoms with van der Waals surface area (Å²) in [6.07, 6.45) is 8.49. The zero-order valence-electron chi connectivity index (χ0n) is 17.8. The van der Waals surface area contributed by atoms with E-state index in [1.807, 2.05) is 59.3 Å². The van der Waals surface area contributed by atoms with Crippen molar-refractivity contribution < 1.29 is 20.1 Å². The number of rotatable bonds is 11. The molecule has 3 N–H and O–H groups in total. The molecule has 164 valence electrons. The van der Waals surface area contributed by atoms with Gasteiger partial charge in [-0.05, 0) is 28.8 Å². The van der Waals surface area contributed by atoms with Gasteiger partial charge in [0.1, 0.15) is 11.6 Å². The third-order valence-electron chi connectivity index (χ3n) is 5.22. The molecule has 2 aromatic carbocycles. The number of imidazole rings is 1. The van der Waals surface area contributed by atoms with Crippen LogP contribution in [-0.4, -0.2) is 51.3 Å². The first-order valence-electron chi connectivity index (χ1n) is 10.5. The van der Waals surface area contributed by atoms with E-state index in [-0.39, 0.29) is 38.4 Å². The summed E-state index contributed by atoms with van der Waals surface area (Å²) >= 11 is 0. The minimum Gasteiger partial charge on any atom is -0.493 e. The monoisotopic (exact) mass is 422 g/mol. The largest absolute Gasteiger partial charge is 0.493 e. The molecule has 6 heteroatoms. The van der Waals surface area contributed by atoms with Crippen molar-refractivity contribution in [2.75, 3.05) is 26.4 Å². The molecule has 1 atom stereocenters. The predicted octanol–water partition coefficient (Wildman–Crippen LogP) is 3.34. The normalized spacial score (nSPS) is 12.5. The number of aliphatic hydroxyl groups is 3. The van der Waals surface area contributed by atoms with Crippen molar-refractivity contribution in [1.82, 2.24) is 9.55 Å². The molecule has 0 unspecified atom stereocenters. The van der Waals surface area contributed by atoms with E-state index in [4.69, 9.17) is 14.9 Å². The molecule has 0 saturated heterocycles. The van der Waals surface area contributed by atoms with Crippen LogP contribution in [0, 0.1) is 5.92 Å². The first-order valence-corrected chi connectivity index (χ1v) is 10.5. The van der Waals surface area contributed by atoms with E-state index < -0.39 is 0 Å². The van der Waals surface area contributed by atoms with Crippen molar-refractivity contribution in [3.8, 4) is 16.9 Å². The van der Waals surface area contributed by atoms with E-state index in [0.29, 0.717) is 5.75 Å². The molecule has 0 radical (unpaired) electrons. The zero-order valence-corrected chi connectivity index (χ0v) is 17.8. The van der Waals surface area contributed by atoms with Crippen LogP contribution in [0.25, 0.3) is 17.2 Å². The molecule has 1 aromatic heterocycles. The standard InChI is InChI=1S/C25H30N2O4/c1-2-25-26-13-14-27(25)23(17-30)10-5-19-3-6-21(7-4-19)22-8-11-24(12-9-22)31-18-20(15-28)16-29/h3-14,20,23,28-30H,2,15-18H2,1H3/b10-5+/t23-/m0/s1. The number of ether oxygens (including phenoxy) is 1. The van der Waals surface area contributed by atoms with Crippen molar-refractivity contribution >= 4 is 6.08 Å². The predicted molar refractivity (Wildman–Crippen MR) is 122 cm³/mol. The minimum absolute atomic E-state index is 0.0176. The SMILES string of the molecule is CCc1nccn1[C@@H](/C=C/c1ccc(-c2ccc(OCC(CO)CO)cc2)cc1)CO. The smallest absolute Gasteiger partial charge is 0.119 e. The van der Waals surface area contributed by atoms with Gasteiger partial charge >= 0.3 is 0 Å². The highest BCUT2D eigenvalue weighted by Gasteiger charge is 2.10. The van der Waals surface area contributed by atoms with Crippen molar-refractivity contribution in [1.29, 1.82) is 0 Å². The van der Waals surface area contributed by atoms with Gasteiger partial charge in [-0.3, -0.25) is 0 Å². The summed E-state index contributed by atoms with van der Waals surface area (Å²) in [5.41, 5.74) is 3.22. The van der Waals surface area contributed by atoms with Gasteiger partial charge in [0.2, 0.25) is 0 Å². The highest BCUT2D eigenvalue weighted by atomic mass is 16.5. The zero-order chi connectivity index (χ0) is 22.1. The Bertz CT molecular complexity index is 944. The van der Waals surface area contributed by atoms with E-state index in [1.54, 1.807) is 6.20 Å². The van der Waals surface area contributed by atoms with Crippen LogP contribution in [0.3, 0.4) is 0 Å². The van der Waals surface area contributed by atoms with Gasteiger partial charge in [0.15, 0.2) is 0 Å². The summed E-state index contributed by atoms with van der Waals surface area (Å²) < 4.78 is 7.61. The topological polar surface area (TPSA) is 87.7 Å². The molecule has 0 aliphatic rings. The number of aromatic nitrogens is 2. The van der Waals surface area contributed by atoms with Crippen molar-refractivity contribution in [3.05, 3.63) is 78.4 Å². The highest BCUT2D eigenvalue weighted by molar-refractivity contribution is 5.66. The summed E-state index contributed by atoms with van der Waals surface area (Å²) in [4.78, 5) is 4.33. The third-order valence-corrected chi connectivity index (χ3v) is 5.22. The highest BCUT2D eigenvalue weighted by Crippen LogP contribution is 2.24. The number of hydrogen-bond acceptors (Lipinski definition) is 5. The van der Waals surface area contributed by atoms with E-state index in [2.05, 4.69) is 24.0 Å². The molecular formula is C25H30N2O4. The molecule has 31 heavy (non-hydrogen) atoms. The lowest BCUT2D eigenvalue weighted by Gasteiger charge is -2.14. The van der Waals surface area contributed by atoms with Crippen LogP contribution in [0.1, 0.15) is 24.4 Å². The van der Waals surface area contributed by atoms with Crippen LogP contribution in [-0.2, 0) is 6.42 Å². The molecule has 3 aromatic rings. The molecule has 3 rings (SSSR count). The molecule has 0 amide bonds. The van der Waals surface area contributed by atoms with Gasteiger partial charge in [-0.1, -0.05) is 55.5 Å². The van der Waals surface area contributed by atoms with E-state index in [9.17, 15) is 5.11 Å². The number of nitrogens with zero attached hydrogens (tertiary/aromatic N) is 2. The summed E-state index contributed by atoms with van der Waals surface area (Å²) in [7, 11) is 0. The Labute approximate surface area is 183 Å². The van der Waals surface area contributed by atoms with Gasteiger partial charge in [-0.15, -0.1) is 0 Å². The fraction of sp³-hybridized carbons (Fsp3) is 0.320. The van der Waals surface area contributed by atoms with Crippen LogP contribution in [0.5, 0.6) is 5.75 Å². The maximum absolute atomic E-state index is 9.77. The molecule has 0 saturated carbocycles. The molecule has 0 bridgehead atoms. The quantitative estimate of drug-likeness (QED) is 0.441. The average molecular weight is 423 g/mol. The van der Waals surface area contributed by atoms with Gasteiger partial charge in [-0.25, -0.2) is 4.98 Å². The Balaban J connectivity index is 1.63. The van der Waals surface area contributed by atoms with Crippen LogP contribution in [0.4, 0.5) is 0 Å². The fourth-order valence-corrected chi connectivity index (χ4v) is 3.29. The summed E-state index contributed by atoms with van der Waals surface area (Å²) in [6, 6.07) is 15.8. The van der Waals surface area contributed by atoms with Gasteiger partial charge in [0.25, 0.3) is 0 Å². The second-order valence-electron chi connectivity index (χ2n) is 7.40. The van der Waals surface area contributed by atoms with Crippen LogP contribution in [0.2, 0.25) is 0 Å². The van der Waals surface area contributed by atoms with Crippen molar-refractivity contribution in [2.24, 2.45) is 5.92 Å². The number of hydrogen-bond donors (Lipinski definition) is 3. The van der Waals surface area contributed by atoms with Gasteiger partial charge in [0.05, 0.1) is 32.5 Å². The number of aliphatic hydroxyl groups excluding tert-OH is 3. The number of benzene rings is 2. The Hall–Kier alpha value is -2.93. The molecule has 0 aliphatic heterocycles. The van der Waals surface area contributed by atoms with Gasteiger partial charge in [0, 0.05) is 24.7 Å². The van der Waals surface area contributed by atoms with Gasteiger partial charge in [-0.2, -0.15) is 0 Å². The average Bonchev–Trinajstić information content (AvgIpc) is 3.30. The minimum atomic E-state index is -0.270. The van der Waals surface area contributed by atoms with E-state index in [1.165, 1.54) is 0 Å². The maximum Gasteiger partial charge on any atom is 0.119 e. The Morgan fingerprint density at radius 1 is 0.935 bits per heavy atom. The van der Waals surface area contributed by atoms with Crippen LogP contribution >= 0.6 is 0 Å². The summed E-state index contributed by atoms with van der Waals surface area (Å²) in [5, 5.41) is 28.0. The lowest BCUT2D eigenvalue weighted by Crippen LogP contribution is -2.19. The van der Waals surface area contributed by atoms with Gasteiger partial charge < -0.3 is 24.6 Å². The molecule has 0 spiro atoms. The summed E-state index contributed by atoms with van der Waals surface area (Å²) in [6.45, 7) is 2.15. The lowest BCUT2D eigenvalue weighted by atomic mass is 10.0. The maximum atomic E-state index is 9.77. The Kier molecular flexibility index (Phi) is 8.41. The summed E-state index contributed by atoms with van der Waals surface area (Å²) in [5.74, 6) is 1.39. The molecule has 0 fully saturated rings. The molecular weight excluding hydrogens is 392 g/mol. The molecule has 1 heterocycles. The third kappa shape index (κ3) is 6.04. The van der Waals surface area contributed by atoms with Crippen molar-refractivity contribution in [3.63, 3.8) is 0 Å². The lowest BCUT2D eigenvalue weighted by molar-refractivity contribution is 0.106. The second kappa shape index (κ2) is 11.5. The first kappa shape index (κ1) is 22.7. The van der Waals surface area contributed by atoms with E-state index in [0.717, 1.165) is 28.9 Å². The Morgan fingerprint density at radius 2 is 1.58 bits per heavy atom.